The van der Waals surface area contributed by atoms with Crippen molar-refractivity contribution >= 4 is 73.0 Å². The minimum Gasteiger partial charge on any atom is -0.355 e. The first kappa shape index (κ1) is 14.9. The highest BCUT2D eigenvalue weighted by molar-refractivity contribution is 9.10. The van der Waals surface area contributed by atoms with Crippen LogP contribution in [0.4, 0.5) is 11.4 Å². The van der Waals surface area contributed by atoms with Crippen LogP contribution in [0.3, 0.4) is 0 Å². The highest BCUT2D eigenvalue weighted by atomic mass is 79.9. The third kappa shape index (κ3) is 3.27. The summed E-state index contributed by atoms with van der Waals surface area (Å²) in [5.41, 5.74) is 2.49. The summed E-state index contributed by atoms with van der Waals surface area (Å²) in [7, 11) is 0. The quantitative estimate of drug-likeness (QED) is 0.482. The first-order valence-corrected chi connectivity index (χ1v) is 7.93. The number of hydrogen-bond acceptors (Lipinski definition) is 2. The molecule has 1 heterocycles. The van der Waals surface area contributed by atoms with E-state index in [0.29, 0.717) is 15.2 Å². The third-order valence-electron chi connectivity index (χ3n) is 2.94. The largest absolute Gasteiger partial charge is 0.355 e. The van der Waals surface area contributed by atoms with Gasteiger partial charge in [-0.05, 0) is 42.5 Å². The van der Waals surface area contributed by atoms with E-state index in [-0.39, 0.29) is 0 Å². The van der Waals surface area contributed by atoms with Crippen molar-refractivity contribution in [3.63, 3.8) is 0 Å². The molecule has 1 N–H and O–H groups in total. The summed E-state index contributed by atoms with van der Waals surface area (Å²) in [4.78, 5) is 4.31. The average Bonchev–Trinajstić information content (AvgIpc) is 2.43. The molecular weight excluding hydrogens is 394 g/mol. The van der Waals surface area contributed by atoms with Crippen molar-refractivity contribution < 1.29 is 0 Å². The number of fused-ring (bicyclic) bond motifs is 1. The Morgan fingerprint density at radius 3 is 2.48 bits per heavy atom. The zero-order valence-electron chi connectivity index (χ0n) is 10.5. The number of anilines is 2. The molecular formula is C15H8BrCl3N2. The monoisotopic (exact) mass is 400 g/mol. The molecule has 0 aliphatic heterocycles. The van der Waals surface area contributed by atoms with Gasteiger partial charge >= 0.3 is 0 Å². The number of pyridine rings is 1. The Morgan fingerprint density at radius 2 is 1.71 bits per heavy atom. The molecule has 0 fully saturated rings. The minimum absolute atomic E-state index is 0.424. The second-order valence-electron chi connectivity index (χ2n) is 4.41. The molecule has 3 rings (SSSR count). The van der Waals surface area contributed by atoms with Crippen molar-refractivity contribution in [2.75, 3.05) is 5.32 Å². The first-order valence-electron chi connectivity index (χ1n) is 6.01. The van der Waals surface area contributed by atoms with E-state index in [4.69, 9.17) is 34.8 Å². The van der Waals surface area contributed by atoms with Crippen LogP contribution >= 0.6 is 50.7 Å². The number of aromatic nitrogens is 1. The van der Waals surface area contributed by atoms with Gasteiger partial charge in [0.15, 0.2) is 0 Å². The molecule has 0 saturated heterocycles. The fourth-order valence-electron chi connectivity index (χ4n) is 2.00. The van der Waals surface area contributed by atoms with Gasteiger partial charge in [0, 0.05) is 15.5 Å². The lowest BCUT2D eigenvalue weighted by Gasteiger charge is -2.11. The van der Waals surface area contributed by atoms with Crippen LogP contribution in [0, 0.1) is 0 Å². The van der Waals surface area contributed by atoms with Crippen molar-refractivity contribution in [2.24, 2.45) is 0 Å². The van der Waals surface area contributed by atoms with Crippen LogP contribution in [0.15, 0.2) is 46.9 Å². The molecule has 0 spiro atoms. The number of rotatable bonds is 2. The fourth-order valence-corrected chi connectivity index (χ4v) is 2.86. The molecule has 0 atom stereocenters. The number of hydrogen-bond donors (Lipinski definition) is 1. The smallest absolute Gasteiger partial charge is 0.131 e. The topological polar surface area (TPSA) is 24.9 Å². The normalized spacial score (nSPS) is 10.9. The summed E-state index contributed by atoms with van der Waals surface area (Å²) in [6.07, 6.45) is 0. The molecule has 2 nitrogen and oxygen atoms in total. The highest BCUT2D eigenvalue weighted by Crippen LogP contribution is 2.32. The molecule has 106 valence electrons. The van der Waals surface area contributed by atoms with Crippen LogP contribution in [0.2, 0.25) is 15.2 Å². The van der Waals surface area contributed by atoms with Gasteiger partial charge in [-0.1, -0.05) is 50.7 Å². The lowest BCUT2D eigenvalue weighted by Crippen LogP contribution is -1.93. The molecule has 1 aromatic heterocycles. The molecule has 0 unspecified atom stereocenters. The second-order valence-corrected chi connectivity index (χ2v) is 6.53. The standard InChI is InChI=1S/C15H8BrCl3N2/c16-8-1-4-13-10(5-8)14(7-15(19)21-13)20-9-2-3-11(17)12(18)6-9/h1-7H,(H,20,21). The molecule has 6 heteroatoms. The predicted octanol–water partition coefficient (Wildman–Crippen LogP) is 6.70. The maximum absolute atomic E-state index is 6.08. The van der Waals surface area contributed by atoms with Gasteiger partial charge in [-0.2, -0.15) is 0 Å². The Morgan fingerprint density at radius 1 is 0.905 bits per heavy atom. The minimum atomic E-state index is 0.424. The van der Waals surface area contributed by atoms with Gasteiger partial charge in [-0.25, -0.2) is 4.98 Å². The van der Waals surface area contributed by atoms with Gasteiger partial charge in [-0.3, -0.25) is 0 Å². The highest BCUT2D eigenvalue weighted by Gasteiger charge is 2.07. The maximum Gasteiger partial charge on any atom is 0.131 e. The number of benzene rings is 2. The van der Waals surface area contributed by atoms with Gasteiger partial charge in [0.25, 0.3) is 0 Å². The van der Waals surface area contributed by atoms with Crippen LogP contribution < -0.4 is 5.32 Å². The second kappa shape index (κ2) is 6.01. The average molecular weight is 403 g/mol. The van der Waals surface area contributed by atoms with E-state index in [9.17, 15) is 0 Å². The van der Waals surface area contributed by atoms with E-state index in [0.717, 1.165) is 26.8 Å². The summed E-state index contributed by atoms with van der Waals surface area (Å²) < 4.78 is 0.969. The lowest BCUT2D eigenvalue weighted by molar-refractivity contribution is 1.40. The number of nitrogens with zero attached hydrogens (tertiary/aromatic N) is 1. The molecule has 0 radical (unpaired) electrons. The van der Waals surface area contributed by atoms with Gasteiger partial charge in [0.05, 0.1) is 21.2 Å². The van der Waals surface area contributed by atoms with Gasteiger partial charge in [0.1, 0.15) is 5.15 Å². The Balaban J connectivity index is 2.10. The summed E-state index contributed by atoms with van der Waals surface area (Å²) in [6.45, 7) is 0. The van der Waals surface area contributed by atoms with Crippen molar-refractivity contribution in [3.8, 4) is 0 Å². The summed E-state index contributed by atoms with van der Waals surface area (Å²) >= 11 is 21.5. The van der Waals surface area contributed by atoms with Crippen LogP contribution in [-0.2, 0) is 0 Å². The molecule has 2 aromatic carbocycles. The van der Waals surface area contributed by atoms with E-state index in [2.05, 4.69) is 26.2 Å². The maximum atomic E-state index is 6.08. The van der Waals surface area contributed by atoms with Crippen LogP contribution in [0.25, 0.3) is 10.9 Å². The molecule has 3 aromatic rings. The summed E-state index contributed by atoms with van der Waals surface area (Å²) in [5, 5.41) is 5.69. The van der Waals surface area contributed by atoms with E-state index < -0.39 is 0 Å². The molecule has 21 heavy (non-hydrogen) atoms. The zero-order chi connectivity index (χ0) is 15.0. The number of nitrogens with one attached hydrogen (secondary N) is 1. The summed E-state index contributed by atoms with van der Waals surface area (Å²) in [6, 6.07) is 13.0. The van der Waals surface area contributed by atoms with Gasteiger partial charge in [0.2, 0.25) is 0 Å². The zero-order valence-corrected chi connectivity index (χ0v) is 14.4. The van der Waals surface area contributed by atoms with Crippen molar-refractivity contribution in [3.05, 3.63) is 62.1 Å². The molecule has 0 saturated carbocycles. The Kier molecular flexibility index (Phi) is 4.27. The van der Waals surface area contributed by atoms with E-state index in [1.807, 2.05) is 24.3 Å². The van der Waals surface area contributed by atoms with E-state index in [1.165, 1.54) is 0 Å². The predicted molar refractivity (Wildman–Crippen MR) is 94.2 cm³/mol. The van der Waals surface area contributed by atoms with Crippen LogP contribution in [0.5, 0.6) is 0 Å². The lowest BCUT2D eigenvalue weighted by atomic mass is 10.2. The number of halogens is 4. The van der Waals surface area contributed by atoms with Crippen molar-refractivity contribution in [1.29, 1.82) is 0 Å². The van der Waals surface area contributed by atoms with Crippen molar-refractivity contribution in [1.82, 2.24) is 4.98 Å². The molecule has 0 aliphatic carbocycles. The summed E-state index contributed by atoms with van der Waals surface area (Å²) in [5.74, 6) is 0. The fraction of sp³-hybridized carbons (Fsp3) is 0. The third-order valence-corrected chi connectivity index (χ3v) is 4.36. The Labute approximate surface area is 145 Å². The Hall–Kier alpha value is -1.00. The molecule has 0 amide bonds. The first-order chi connectivity index (χ1) is 10.0. The SMILES string of the molecule is Clc1cc(Nc2ccc(Cl)c(Cl)c2)c2cc(Br)ccc2n1. The van der Waals surface area contributed by atoms with E-state index in [1.54, 1.807) is 18.2 Å². The molecule has 0 aliphatic rings. The van der Waals surface area contributed by atoms with Crippen molar-refractivity contribution in [2.45, 2.75) is 0 Å². The van der Waals surface area contributed by atoms with Gasteiger partial charge < -0.3 is 5.32 Å². The Bertz CT molecular complexity index is 837. The van der Waals surface area contributed by atoms with Crippen LogP contribution in [0.1, 0.15) is 0 Å². The van der Waals surface area contributed by atoms with Gasteiger partial charge in [-0.15, -0.1) is 0 Å². The molecule has 0 bridgehead atoms. The van der Waals surface area contributed by atoms with E-state index >= 15 is 0 Å². The van der Waals surface area contributed by atoms with Crippen LogP contribution in [-0.4, -0.2) is 4.98 Å².